The molecular formula is C19H23NO5. The highest BCUT2D eigenvalue weighted by atomic mass is 16.7. The van der Waals surface area contributed by atoms with Gasteiger partial charge in [0.25, 0.3) is 0 Å². The molecule has 1 N–H and O–H groups in total. The Kier molecular flexibility index (Phi) is 4.81. The first kappa shape index (κ1) is 17.5. The summed E-state index contributed by atoms with van der Waals surface area (Å²) in [5.74, 6) is 1.52. The molecule has 1 aliphatic rings. The van der Waals surface area contributed by atoms with Gasteiger partial charge in [0, 0.05) is 24.3 Å². The number of carbonyl (C=O) groups is 1. The quantitative estimate of drug-likeness (QED) is 0.863. The van der Waals surface area contributed by atoms with Gasteiger partial charge in [0.2, 0.25) is 12.2 Å². The minimum absolute atomic E-state index is 0.126. The Morgan fingerprint density at radius 2 is 1.96 bits per heavy atom. The summed E-state index contributed by atoms with van der Waals surface area (Å²) in [6.07, 6.45) is -0.325. The minimum Gasteiger partial charge on any atom is -0.465 e. The molecule has 2 heterocycles. The number of amides is 1. The number of anilines is 1. The van der Waals surface area contributed by atoms with Gasteiger partial charge in [0.1, 0.15) is 17.0 Å². The number of benzene rings is 1. The fourth-order valence-corrected chi connectivity index (χ4v) is 3.03. The first-order valence-electron chi connectivity index (χ1n) is 8.49. The van der Waals surface area contributed by atoms with E-state index >= 15 is 0 Å². The topological polar surface area (TPSA) is 77.8 Å². The van der Waals surface area contributed by atoms with Crippen molar-refractivity contribution in [2.45, 2.75) is 34.0 Å². The maximum absolute atomic E-state index is 12.0. The van der Waals surface area contributed by atoms with Gasteiger partial charge >= 0.3 is 5.63 Å². The van der Waals surface area contributed by atoms with E-state index in [1.165, 1.54) is 6.92 Å². The van der Waals surface area contributed by atoms with Crippen molar-refractivity contribution in [3.05, 3.63) is 34.7 Å². The van der Waals surface area contributed by atoms with Crippen molar-refractivity contribution in [2.24, 2.45) is 17.8 Å². The Morgan fingerprint density at radius 1 is 1.20 bits per heavy atom. The SMILES string of the molecule is CC(=O)Nc1cc2ccc(OC3OC[C@H](C)[C@H](C)[C@@H]3C)cc2oc1=O. The number of hydrogen-bond acceptors (Lipinski definition) is 5. The predicted molar refractivity (Wildman–Crippen MR) is 94.6 cm³/mol. The second kappa shape index (κ2) is 6.88. The molecule has 1 aromatic carbocycles. The van der Waals surface area contributed by atoms with Gasteiger partial charge in [-0.2, -0.15) is 0 Å². The average molecular weight is 345 g/mol. The molecule has 1 saturated heterocycles. The fraction of sp³-hybridized carbons (Fsp3) is 0.474. The van der Waals surface area contributed by atoms with Gasteiger partial charge in [-0.3, -0.25) is 4.79 Å². The number of ether oxygens (including phenoxy) is 2. The van der Waals surface area contributed by atoms with Crippen LogP contribution in [-0.4, -0.2) is 18.8 Å². The van der Waals surface area contributed by atoms with E-state index in [0.717, 1.165) is 0 Å². The highest BCUT2D eigenvalue weighted by Gasteiger charge is 2.34. The number of rotatable bonds is 3. The van der Waals surface area contributed by atoms with Gasteiger partial charge < -0.3 is 19.2 Å². The molecule has 0 spiro atoms. The number of nitrogens with one attached hydrogen (secondary N) is 1. The Bertz CT molecular complexity index is 843. The maximum atomic E-state index is 12.0. The van der Waals surface area contributed by atoms with Gasteiger partial charge in [-0.25, -0.2) is 4.79 Å². The normalized spacial score (nSPS) is 26.4. The summed E-state index contributed by atoms with van der Waals surface area (Å²) < 4.78 is 17.1. The first-order valence-corrected chi connectivity index (χ1v) is 8.49. The van der Waals surface area contributed by atoms with Crippen LogP contribution in [0.5, 0.6) is 5.75 Å². The van der Waals surface area contributed by atoms with E-state index in [1.807, 2.05) is 0 Å². The smallest absolute Gasteiger partial charge is 0.360 e. The molecule has 0 saturated carbocycles. The lowest BCUT2D eigenvalue weighted by atomic mass is 9.83. The lowest BCUT2D eigenvalue weighted by Gasteiger charge is -2.38. The zero-order valence-electron chi connectivity index (χ0n) is 14.9. The van der Waals surface area contributed by atoms with Crippen molar-refractivity contribution >= 4 is 22.6 Å². The third kappa shape index (κ3) is 3.69. The summed E-state index contributed by atoms with van der Waals surface area (Å²) in [6, 6.07) is 6.86. The third-order valence-corrected chi connectivity index (χ3v) is 4.95. The fourth-order valence-electron chi connectivity index (χ4n) is 3.03. The Balaban J connectivity index is 1.84. The molecule has 6 nitrogen and oxygen atoms in total. The van der Waals surface area contributed by atoms with Crippen LogP contribution in [0.3, 0.4) is 0 Å². The predicted octanol–water partition coefficient (Wildman–Crippen LogP) is 3.39. The zero-order valence-corrected chi connectivity index (χ0v) is 14.9. The van der Waals surface area contributed by atoms with Gasteiger partial charge in [-0.05, 0) is 30.0 Å². The molecule has 1 unspecified atom stereocenters. The monoisotopic (exact) mass is 345 g/mol. The minimum atomic E-state index is -0.593. The van der Waals surface area contributed by atoms with E-state index in [9.17, 15) is 9.59 Å². The molecule has 1 aliphatic heterocycles. The standard InChI is InChI=1S/C19H23NO5/c1-10-9-23-19(12(3)11(10)2)24-15-6-5-14-7-16(20-13(4)21)18(22)25-17(14)8-15/h5-8,10-12,19H,9H2,1-4H3,(H,20,21)/t10-,11-,12-,19?/m0/s1. The largest absolute Gasteiger partial charge is 0.465 e. The number of hydrogen-bond donors (Lipinski definition) is 1. The summed E-state index contributed by atoms with van der Waals surface area (Å²) in [7, 11) is 0. The van der Waals surface area contributed by atoms with E-state index < -0.39 is 5.63 Å². The van der Waals surface area contributed by atoms with Gasteiger partial charge in [0.05, 0.1) is 6.61 Å². The van der Waals surface area contributed by atoms with Crippen molar-refractivity contribution < 1.29 is 18.7 Å². The molecule has 2 aromatic rings. The molecule has 6 heteroatoms. The molecule has 4 atom stereocenters. The van der Waals surface area contributed by atoms with E-state index in [4.69, 9.17) is 13.9 Å². The lowest BCUT2D eigenvalue weighted by Crippen LogP contribution is -2.41. The number of fused-ring (bicyclic) bond motifs is 1. The second-order valence-corrected chi connectivity index (χ2v) is 6.84. The van der Waals surface area contributed by atoms with Gasteiger partial charge in [-0.15, -0.1) is 0 Å². The molecule has 1 amide bonds. The van der Waals surface area contributed by atoms with E-state index in [-0.39, 0.29) is 23.8 Å². The molecule has 134 valence electrons. The van der Waals surface area contributed by atoms with Crippen LogP contribution in [0.4, 0.5) is 5.69 Å². The van der Waals surface area contributed by atoms with Crippen LogP contribution < -0.4 is 15.7 Å². The highest BCUT2D eigenvalue weighted by Crippen LogP contribution is 2.32. The van der Waals surface area contributed by atoms with Crippen LogP contribution in [0.25, 0.3) is 11.0 Å². The van der Waals surface area contributed by atoms with Crippen molar-refractivity contribution in [3.63, 3.8) is 0 Å². The number of carbonyl (C=O) groups excluding carboxylic acids is 1. The molecule has 0 radical (unpaired) electrons. The van der Waals surface area contributed by atoms with Crippen LogP contribution >= 0.6 is 0 Å². The second-order valence-electron chi connectivity index (χ2n) is 6.84. The van der Waals surface area contributed by atoms with Gasteiger partial charge in [-0.1, -0.05) is 20.8 Å². The molecule has 0 bridgehead atoms. The summed E-state index contributed by atoms with van der Waals surface area (Å²) in [5, 5.41) is 3.17. The third-order valence-electron chi connectivity index (χ3n) is 4.95. The van der Waals surface area contributed by atoms with E-state index in [0.29, 0.717) is 35.2 Å². The first-order chi connectivity index (χ1) is 11.8. The Hall–Kier alpha value is -2.34. The average Bonchev–Trinajstić information content (AvgIpc) is 2.56. The van der Waals surface area contributed by atoms with Gasteiger partial charge in [0.15, 0.2) is 0 Å². The molecule has 3 rings (SSSR count). The molecule has 25 heavy (non-hydrogen) atoms. The molecular weight excluding hydrogens is 322 g/mol. The highest BCUT2D eigenvalue weighted by molar-refractivity contribution is 5.91. The van der Waals surface area contributed by atoms with Crippen molar-refractivity contribution in [2.75, 3.05) is 11.9 Å². The lowest BCUT2D eigenvalue weighted by molar-refractivity contribution is -0.171. The zero-order chi connectivity index (χ0) is 18.1. The summed E-state index contributed by atoms with van der Waals surface area (Å²) in [4.78, 5) is 23.1. The van der Waals surface area contributed by atoms with Crippen molar-refractivity contribution in [1.82, 2.24) is 0 Å². The Labute approximate surface area is 146 Å². The van der Waals surface area contributed by atoms with Crippen LogP contribution in [0.1, 0.15) is 27.7 Å². The summed E-state index contributed by atoms with van der Waals surface area (Å²) in [5.41, 5.74) is -0.0632. The molecule has 1 fully saturated rings. The molecule has 0 aliphatic carbocycles. The maximum Gasteiger partial charge on any atom is 0.360 e. The van der Waals surface area contributed by atoms with Crippen molar-refractivity contribution in [3.8, 4) is 5.75 Å². The summed E-state index contributed by atoms with van der Waals surface area (Å²) >= 11 is 0. The van der Waals surface area contributed by atoms with Crippen molar-refractivity contribution in [1.29, 1.82) is 0 Å². The van der Waals surface area contributed by atoms with Crippen LogP contribution in [-0.2, 0) is 9.53 Å². The summed E-state index contributed by atoms with van der Waals surface area (Å²) in [6.45, 7) is 8.50. The Morgan fingerprint density at radius 3 is 2.68 bits per heavy atom. The van der Waals surface area contributed by atoms with Crippen LogP contribution in [0.15, 0.2) is 33.5 Å². The van der Waals surface area contributed by atoms with Crippen LogP contribution in [0.2, 0.25) is 0 Å². The molecule has 1 aromatic heterocycles. The van der Waals surface area contributed by atoms with E-state index in [1.54, 1.807) is 24.3 Å². The van der Waals surface area contributed by atoms with E-state index in [2.05, 4.69) is 26.1 Å². The van der Waals surface area contributed by atoms with Crippen LogP contribution in [0, 0.1) is 17.8 Å².